The normalized spacial score (nSPS) is 12.6. The molecule has 188 valence electrons. The van der Waals surface area contributed by atoms with Gasteiger partial charge >= 0.3 is 5.69 Å². The number of aromatic nitrogens is 2. The highest BCUT2D eigenvalue weighted by molar-refractivity contribution is 5.06. The molecule has 6 heteroatoms. The second kappa shape index (κ2) is 14.8. The molecule has 0 aliphatic heterocycles. The van der Waals surface area contributed by atoms with Crippen LogP contribution in [-0.4, -0.2) is 39.2 Å². The predicted molar refractivity (Wildman–Crippen MR) is 132 cm³/mol. The molecule has 0 saturated heterocycles. The number of unbranched alkanes of at least 4 members (excludes halogenated alkanes) is 2. The first-order chi connectivity index (χ1) is 15.4. The average molecular weight is 455 g/mol. The lowest BCUT2D eigenvalue weighted by atomic mass is 9.75. The molecule has 0 aliphatic carbocycles. The smallest absolute Gasteiger partial charge is 0.331 e. The molecule has 32 heavy (non-hydrogen) atoms. The number of aromatic hydroxyl groups is 1. The van der Waals surface area contributed by atoms with Gasteiger partial charge in [-0.05, 0) is 62.7 Å². The number of aliphatic hydroxyl groups is 1. The lowest BCUT2D eigenvalue weighted by Gasteiger charge is -2.32. The van der Waals surface area contributed by atoms with E-state index in [0.29, 0.717) is 18.5 Å². The van der Waals surface area contributed by atoms with Gasteiger partial charge in [0.25, 0.3) is 0 Å². The van der Waals surface area contributed by atoms with Crippen molar-refractivity contribution in [1.82, 2.24) is 9.13 Å². The zero-order valence-corrected chi connectivity index (χ0v) is 21.5. The molecule has 1 aromatic rings. The molecule has 0 unspecified atom stereocenters. The summed E-state index contributed by atoms with van der Waals surface area (Å²) < 4.78 is 8.99. The van der Waals surface area contributed by atoms with Gasteiger partial charge in [-0.3, -0.25) is 9.13 Å². The maximum absolute atomic E-state index is 12.5. The Balaban J connectivity index is 2.37. The minimum atomic E-state index is -0.117. The zero-order chi connectivity index (χ0) is 24.0. The van der Waals surface area contributed by atoms with Gasteiger partial charge in [-0.1, -0.05) is 53.4 Å². The number of imidazole rings is 1. The van der Waals surface area contributed by atoms with Gasteiger partial charge in [0.05, 0.1) is 6.20 Å². The van der Waals surface area contributed by atoms with Crippen molar-refractivity contribution in [2.24, 2.45) is 10.8 Å². The molecule has 0 spiro atoms. The first-order valence-electron chi connectivity index (χ1n) is 13.0. The Morgan fingerprint density at radius 1 is 0.844 bits per heavy atom. The molecule has 0 aromatic carbocycles. The standard InChI is InChI=1S/C26H50N2O4/c1-6-25(7-2,17-18-29)15-11-13-19-32-20-14-12-16-26(8-3,9-4)22-28-23(30)21-27(10-5)24(28)31/h21,29-30H,6-20,22H2,1-5H3. The Kier molecular flexibility index (Phi) is 13.3. The van der Waals surface area contributed by atoms with E-state index in [-0.39, 0.29) is 23.6 Å². The van der Waals surface area contributed by atoms with Crippen LogP contribution in [0.15, 0.2) is 11.0 Å². The second-order valence-corrected chi connectivity index (χ2v) is 9.56. The van der Waals surface area contributed by atoms with Gasteiger partial charge < -0.3 is 14.9 Å². The summed E-state index contributed by atoms with van der Waals surface area (Å²) in [7, 11) is 0. The zero-order valence-electron chi connectivity index (χ0n) is 21.5. The van der Waals surface area contributed by atoms with Crippen LogP contribution in [0.1, 0.15) is 105 Å². The van der Waals surface area contributed by atoms with Crippen molar-refractivity contribution in [3.05, 3.63) is 16.7 Å². The van der Waals surface area contributed by atoms with Crippen molar-refractivity contribution in [1.29, 1.82) is 0 Å². The summed E-state index contributed by atoms with van der Waals surface area (Å²) in [6.07, 6.45) is 13.2. The summed E-state index contributed by atoms with van der Waals surface area (Å²) in [5.41, 5.74) is 0.207. The van der Waals surface area contributed by atoms with Gasteiger partial charge in [0.15, 0.2) is 0 Å². The van der Waals surface area contributed by atoms with Crippen LogP contribution in [0, 0.1) is 10.8 Å². The van der Waals surface area contributed by atoms with Crippen LogP contribution in [0.5, 0.6) is 5.88 Å². The molecular formula is C26H50N2O4. The number of hydrogen-bond acceptors (Lipinski definition) is 4. The molecule has 1 aromatic heterocycles. The third-order valence-corrected chi connectivity index (χ3v) is 7.99. The third kappa shape index (κ3) is 8.26. The van der Waals surface area contributed by atoms with E-state index in [1.807, 2.05) is 6.92 Å². The van der Waals surface area contributed by atoms with E-state index in [2.05, 4.69) is 27.7 Å². The van der Waals surface area contributed by atoms with Crippen LogP contribution in [0.4, 0.5) is 0 Å². The highest BCUT2D eigenvalue weighted by atomic mass is 16.5. The van der Waals surface area contributed by atoms with E-state index in [4.69, 9.17) is 4.74 Å². The molecule has 0 fully saturated rings. The number of aryl methyl sites for hydroxylation is 1. The maximum atomic E-state index is 12.5. The van der Waals surface area contributed by atoms with E-state index in [9.17, 15) is 15.0 Å². The summed E-state index contributed by atoms with van der Waals surface area (Å²) in [6, 6.07) is 0. The van der Waals surface area contributed by atoms with Crippen LogP contribution in [-0.2, 0) is 17.8 Å². The van der Waals surface area contributed by atoms with Crippen molar-refractivity contribution in [2.45, 2.75) is 118 Å². The molecular weight excluding hydrogens is 404 g/mol. The fourth-order valence-electron chi connectivity index (χ4n) is 4.96. The Morgan fingerprint density at radius 3 is 1.81 bits per heavy atom. The topological polar surface area (TPSA) is 76.6 Å². The van der Waals surface area contributed by atoms with Crippen molar-refractivity contribution in [2.75, 3.05) is 19.8 Å². The average Bonchev–Trinajstić information content (AvgIpc) is 3.08. The van der Waals surface area contributed by atoms with Gasteiger partial charge in [0.1, 0.15) is 0 Å². The number of ether oxygens (including phenoxy) is 1. The van der Waals surface area contributed by atoms with Crippen molar-refractivity contribution < 1.29 is 14.9 Å². The summed E-state index contributed by atoms with van der Waals surface area (Å²) in [5, 5.41) is 19.6. The van der Waals surface area contributed by atoms with E-state index in [1.54, 1.807) is 10.8 Å². The molecule has 0 radical (unpaired) electrons. The van der Waals surface area contributed by atoms with Gasteiger partial charge in [0.2, 0.25) is 5.88 Å². The number of hydrogen-bond donors (Lipinski definition) is 2. The van der Waals surface area contributed by atoms with E-state index in [1.165, 1.54) is 11.0 Å². The largest absolute Gasteiger partial charge is 0.493 e. The molecule has 2 N–H and O–H groups in total. The minimum Gasteiger partial charge on any atom is -0.493 e. The van der Waals surface area contributed by atoms with Gasteiger partial charge in [-0.15, -0.1) is 0 Å². The van der Waals surface area contributed by atoms with Crippen molar-refractivity contribution >= 4 is 0 Å². The van der Waals surface area contributed by atoms with Crippen molar-refractivity contribution in [3.63, 3.8) is 0 Å². The number of aliphatic hydroxyl groups excluding tert-OH is 1. The van der Waals surface area contributed by atoms with E-state index < -0.39 is 0 Å². The summed E-state index contributed by atoms with van der Waals surface area (Å²) in [4.78, 5) is 12.5. The fourth-order valence-corrected chi connectivity index (χ4v) is 4.96. The fraction of sp³-hybridized carbons (Fsp3) is 0.885. The van der Waals surface area contributed by atoms with E-state index in [0.717, 1.165) is 77.4 Å². The van der Waals surface area contributed by atoms with Crippen molar-refractivity contribution in [3.8, 4) is 5.88 Å². The summed E-state index contributed by atoms with van der Waals surface area (Å²) >= 11 is 0. The molecule has 0 aliphatic rings. The monoisotopic (exact) mass is 454 g/mol. The Labute approximate surface area is 196 Å². The first kappa shape index (κ1) is 28.8. The number of rotatable bonds is 19. The maximum Gasteiger partial charge on any atom is 0.331 e. The molecule has 0 amide bonds. The molecule has 1 heterocycles. The lowest BCUT2D eigenvalue weighted by molar-refractivity contribution is 0.109. The number of nitrogens with zero attached hydrogens (tertiary/aromatic N) is 2. The highest BCUT2D eigenvalue weighted by Crippen LogP contribution is 2.36. The predicted octanol–water partition coefficient (Wildman–Crippen LogP) is 5.73. The second-order valence-electron chi connectivity index (χ2n) is 9.56. The van der Waals surface area contributed by atoms with Crippen LogP contribution >= 0.6 is 0 Å². The quantitative estimate of drug-likeness (QED) is 0.262. The molecule has 0 bridgehead atoms. The Morgan fingerprint density at radius 2 is 1.38 bits per heavy atom. The van der Waals surface area contributed by atoms with Crippen LogP contribution < -0.4 is 5.69 Å². The molecule has 1 rings (SSSR count). The SMILES string of the molecule is CCn1cc(O)n(CC(CC)(CC)CCCCOCCCCC(CC)(CC)CCO)c1=O. The third-order valence-electron chi connectivity index (χ3n) is 7.99. The minimum absolute atomic E-state index is 0.0254. The van der Waals surface area contributed by atoms with Crippen LogP contribution in [0.2, 0.25) is 0 Å². The van der Waals surface area contributed by atoms with Crippen LogP contribution in [0.3, 0.4) is 0 Å². The van der Waals surface area contributed by atoms with Gasteiger partial charge in [-0.2, -0.15) is 0 Å². The lowest BCUT2D eigenvalue weighted by Crippen LogP contribution is -2.32. The van der Waals surface area contributed by atoms with E-state index >= 15 is 0 Å². The molecule has 0 saturated carbocycles. The van der Waals surface area contributed by atoms with Gasteiger partial charge in [-0.25, -0.2) is 4.79 Å². The highest BCUT2D eigenvalue weighted by Gasteiger charge is 2.28. The Bertz CT molecular complexity index is 672. The van der Waals surface area contributed by atoms with Gasteiger partial charge in [0, 0.05) is 32.9 Å². The first-order valence-corrected chi connectivity index (χ1v) is 13.0. The molecule has 6 nitrogen and oxygen atoms in total. The molecule has 0 atom stereocenters. The van der Waals surface area contributed by atoms with Crippen LogP contribution in [0.25, 0.3) is 0 Å². The Hall–Kier alpha value is -1.27. The summed E-state index contributed by atoms with van der Waals surface area (Å²) in [6.45, 7) is 13.8. The summed E-state index contributed by atoms with van der Waals surface area (Å²) in [5.74, 6) is 0.0700.